The molecule has 0 N–H and O–H groups in total. The van der Waals surface area contributed by atoms with Crippen molar-refractivity contribution in [1.29, 1.82) is 0 Å². The van der Waals surface area contributed by atoms with Gasteiger partial charge in [-0.15, -0.1) is 0 Å². The quantitative estimate of drug-likeness (QED) is 0.275. The van der Waals surface area contributed by atoms with Gasteiger partial charge in [-0.05, 0) is 40.5 Å². The summed E-state index contributed by atoms with van der Waals surface area (Å²) >= 11 is 0. The van der Waals surface area contributed by atoms with Crippen molar-refractivity contribution in [3.63, 3.8) is 0 Å². The van der Waals surface area contributed by atoms with Crippen LogP contribution >= 0.6 is 0 Å². The largest absolute Gasteiger partial charge is 0.466 e. The zero-order chi connectivity index (χ0) is 19.9. The molecule has 26 heavy (non-hydrogen) atoms. The minimum Gasteiger partial charge on any atom is -0.466 e. The predicted octanol–water partition coefficient (Wildman–Crippen LogP) is 2.32. The molecule has 0 heterocycles. The Hall–Kier alpha value is -2.12. The average Bonchev–Trinajstić information content (AvgIpc) is 2.51. The van der Waals surface area contributed by atoms with Crippen LogP contribution in [0.1, 0.15) is 66.2 Å². The Morgan fingerprint density at radius 1 is 0.654 bits per heavy atom. The van der Waals surface area contributed by atoms with Gasteiger partial charge < -0.3 is 18.9 Å². The molecule has 0 bridgehead atoms. The zero-order valence-electron chi connectivity index (χ0n) is 16.1. The van der Waals surface area contributed by atoms with Crippen LogP contribution in [-0.2, 0) is 38.1 Å². The molecule has 0 aliphatic carbocycles. The lowest BCUT2D eigenvalue weighted by atomic mass is 10.2. The van der Waals surface area contributed by atoms with E-state index in [1.165, 1.54) is 0 Å². The van der Waals surface area contributed by atoms with Crippen LogP contribution in [0.4, 0.5) is 0 Å². The molecule has 0 aromatic rings. The van der Waals surface area contributed by atoms with Crippen LogP contribution in [0.25, 0.3) is 0 Å². The molecule has 0 saturated heterocycles. The molecule has 8 heteroatoms. The maximum atomic E-state index is 11.7. The number of hydrogen-bond acceptors (Lipinski definition) is 8. The lowest BCUT2D eigenvalue weighted by Crippen LogP contribution is -2.20. The van der Waals surface area contributed by atoms with Gasteiger partial charge in [-0.2, -0.15) is 0 Å². The first-order chi connectivity index (χ1) is 12.3. The van der Waals surface area contributed by atoms with E-state index in [1.807, 2.05) is 0 Å². The summed E-state index contributed by atoms with van der Waals surface area (Å²) in [5, 5.41) is 0. The van der Waals surface area contributed by atoms with E-state index in [0.29, 0.717) is 12.8 Å². The maximum Gasteiger partial charge on any atom is 0.309 e. The van der Waals surface area contributed by atoms with Crippen molar-refractivity contribution in [1.82, 2.24) is 0 Å². The average molecular weight is 374 g/mol. The van der Waals surface area contributed by atoms with Gasteiger partial charge in [0.1, 0.15) is 12.2 Å². The Bertz CT molecular complexity index is 418. The number of carbonyl (C=O) groups is 4. The predicted molar refractivity (Wildman–Crippen MR) is 92.1 cm³/mol. The molecule has 0 aliphatic rings. The van der Waals surface area contributed by atoms with Gasteiger partial charge in [-0.25, -0.2) is 0 Å². The van der Waals surface area contributed by atoms with Crippen LogP contribution in [0.3, 0.4) is 0 Å². The molecular formula is C18H30O8. The van der Waals surface area contributed by atoms with Crippen molar-refractivity contribution in [2.45, 2.75) is 78.4 Å². The number of unbranched alkanes of at least 4 members (excludes halogenated alkanes) is 1. The molecule has 2 unspecified atom stereocenters. The van der Waals surface area contributed by atoms with E-state index in [1.54, 1.807) is 27.7 Å². The lowest BCUT2D eigenvalue weighted by molar-refractivity contribution is -0.156. The summed E-state index contributed by atoms with van der Waals surface area (Å²) in [6, 6.07) is 0. The van der Waals surface area contributed by atoms with Gasteiger partial charge in [-0.3, -0.25) is 19.2 Å². The second-order valence-electron chi connectivity index (χ2n) is 5.83. The maximum absolute atomic E-state index is 11.7. The van der Waals surface area contributed by atoms with E-state index >= 15 is 0 Å². The van der Waals surface area contributed by atoms with Crippen molar-refractivity contribution in [3.8, 4) is 0 Å². The molecule has 0 aliphatic heterocycles. The van der Waals surface area contributed by atoms with Crippen LogP contribution in [-0.4, -0.2) is 49.3 Å². The fourth-order valence-corrected chi connectivity index (χ4v) is 2.10. The summed E-state index contributed by atoms with van der Waals surface area (Å²) in [5.74, 6) is -1.67. The minimum absolute atomic E-state index is 0.0181. The van der Waals surface area contributed by atoms with Gasteiger partial charge in [0.05, 0.1) is 26.1 Å². The molecule has 8 nitrogen and oxygen atoms in total. The second kappa shape index (κ2) is 14.1. The second-order valence-corrected chi connectivity index (χ2v) is 5.83. The monoisotopic (exact) mass is 374 g/mol. The molecule has 0 radical (unpaired) electrons. The van der Waals surface area contributed by atoms with Crippen molar-refractivity contribution in [3.05, 3.63) is 0 Å². The fraction of sp³-hybridized carbons (Fsp3) is 0.778. The van der Waals surface area contributed by atoms with E-state index in [0.717, 1.165) is 0 Å². The summed E-state index contributed by atoms with van der Waals surface area (Å²) in [6.07, 6.45) is 0.177. The van der Waals surface area contributed by atoms with Crippen LogP contribution in [0, 0.1) is 0 Å². The van der Waals surface area contributed by atoms with E-state index in [-0.39, 0.29) is 38.9 Å². The highest BCUT2D eigenvalue weighted by molar-refractivity contribution is 5.73. The molecule has 0 aromatic carbocycles. The molecule has 0 rings (SSSR count). The molecule has 0 spiro atoms. The van der Waals surface area contributed by atoms with Crippen LogP contribution in [0.2, 0.25) is 0 Å². The van der Waals surface area contributed by atoms with E-state index in [4.69, 9.17) is 18.9 Å². The summed E-state index contributed by atoms with van der Waals surface area (Å²) in [5.41, 5.74) is 0. The van der Waals surface area contributed by atoms with Crippen molar-refractivity contribution in [2.75, 3.05) is 13.2 Å². The van der Waals surface area contributed by atoms with Gasteiger partial charge in [0, 0.05) is 12.8 Å². The summed E-state index contributed by atoms with van der Waals surface area (Å²) in [7, 11) is 0. The highest BCUT2D eigenvalue weighted by Gasteiger charge is 2.16. The normalized spacial score (nSPS) is 12.6. The van der Waals surface area contributed by atoms with Gasteiger partial charge in [0.2, 0.25) is 0 Å². The Morgan fingerprint density at radius 2 is 1.00 bits per heavy atom. The molecule has 150 valence electrons. The first-order valence-corrected chi connectivity index (χ1v) is 8.98. The topological polar surface area (TPSA) is 105 Å². The summed E-state index contributed by atoms with van der Waals surface area (Å²) < 4.78 is 19.8. The van der Waals surface area contributed by atoms with Crippen molar-refractivity contribution < 1.29 is 38.1 Å². The Balaban J connectivity index is 3.83. The molecule has 0 amide bonds. The lowest BCUT2D eigenvalue weighted by Gasteiger charge is -2.13. The Morgan fingerprint density at radius 3 is 1.31 bits per heavy atom. The summed E-state index contributed by atoms with van der Waals surface area (Å²) in [6.45, 7) is 7.23. The number of hydrogen-bond donors (Lipinski definition) is 0. The van der Waals surface area contributed by atoms with E-state index < -0.39 is 36.1 Å². The van der Waals surface area contributed by atoms with Gasteiger partial charge in [0.25, 0.3) is 0 Å². The highest BCUT2D eigenvalue weighted by atomic mass is 16.6. The van der Waals surface area contributed by atoms with Gasteiger partial charge in [-0.1, -0.05) is 0 Å². The molecular weight excluding hydrogens is 344 g/mol. The Labute approximate surface area is 154 Å². The molecule has 0 fully saturated rings. The first kappa shape index (κ1) is 23.9. The van der Waals surface area contributed by atoms with Gasteiger partial charge >= 0.3 is 23.9 Å². The van der Waals surface area contributed by atoms with Crippen LogP contribution in [0.15, 0.2) is 0 Å². The van der Waals surface area contributed by atoms with E-state index in [9.17, 15) is 19.2 Å². The van der Waals surface area contributed by atoms with Gasteiger partial charge in [0.15, 0.2) is 0 Å². The molecule has 0 saturated carbocycles. The van der Waals surface area contributed by atoms with Crippen molar-refractivity contribution >= 4 is 23.9 Å². The van der Waals surface area contributed by atoms with Crippen LogP contribution < -0.4 is 0 Å². The zero-order valence-corrected chi connectivity index (χ0v) is 16.1. The minimum atomic E-state index is -0.546. The fourth-order valence-electron chi connectivity index (χ4n) is 2.10. The first-order valence-electron chi connectivity index (χ1n) is 8.98. The third kappa shape index (κ3) is 13.2. The van der Waals surface area contributed by atoms with Crippen LogP contribution in [0.5, 0.6) is 0 Å². The number of rotatable bonds is 13. The Kier molecular flexibility index (Phi) is 12.9. The molecule has 2 atom stereocenters. The smallest absolute Gasteiger partial charge is 0.309 e. The standard InChI is InChI=1S/C18H30O8/c1-5-23-17(21)11-13(3)25-15(19)9-7-8-10-16(20)26-14(4)12-18(22)24-6-2/h13-14H,5-12H2,1-4H3. The number of esters is 4. The molecule has 0 aromatic heterocycles. The third-order valence-electron chi connectivity index (χ3n) is 3.20. The SMILES string of the molecule is CCOC(=O)CC(C)OC(=O)CCCCC(=O)OC(C)CC(=O)OCC. The summed E-state index contributed by atoms with van der Waals surface area (Å²) in [4.78, 5) is 45.8. The third-order valence-corrected chi connectivity index (χ3v) is 3.20. The highest BCUT2D eigenvalue weighted by Crippen LogP contribution is 2.08. The van der Waals surface area contributed by atoms with Crippen molar-refractivity contribution in [2.24, 2.45) is 0 Å². The van der Waals surface area contributed by atoms with E-state index in [2.05, 4.69) is 0 Å². The number of ether oxygens (including phenoxy) is 4. The number of carbonyl (C=O) groups excluding carboxylic acids is 4.